The molecule has 8 unspecified atom stereocenters. The van der Waals surface area contributed by atoms with Crippen molar-refractivity contribution in [1.82, 2.24) is 10.6 Å². The van der Waals surface area contributed by atoms with E-state index < -0.39 is 89.0 Å². The lowest BCUT2D eigenvalue weighted by molar-refractivity contribution is -0.0633. The molecule has 0 spiro atoms. The van der Waals surface area contributed by atoms with Crippen LogP contribution in [-0.4, -0.2) is 105 Å². The van der Waals surface area contributed by atoms with Gasteiger partial charge in [0.15, 0.2) is 6.29 Å². The van der Waals surface area contributed by atoms with E-state index in [0.29, 0.717) is 5.57 Å². The number of carbonyl (C=O) groups excluding carboxylic acids is 4. The van der Waals surface area contributed by atoms with Crippen molar-refractivity contribution in [1.29, 1.82) is 0 Å². The van der Waals surface area contributed by atoms with Gasteiger partial charge in [-0.15, -0.1) is 0 Å². The van der Waals surface area contributed by atoms with Crippen molar-refractivity contribution in [3.05, 3.63) is 23.8 Å². The predicted molar refractivity (Wildman–Crippen MR) is 205 cm³/mol. The van der Waals surface area contributed by atoms with Crippen molar-refractivity contribution >= 4 is 46.3 Å². The maximum Gasteiger partial charge on any atom is 0.408 e. The molecule has 2 heterocycles. The Morgan fingerprint density at radius 2 is 1.02 bits per heavy atom. The molecule has 0 saturated carbocycles. The summed E-state index contributed by atoms with van der Waals surface area (Å²) in [5.41, 5.74) is -0.745. The molecular formula is C38H60N2O12S2. The molecule has 2 aliphatic heterocycles. The Labute approximate surface area is 328 Å². The number of carbonyl (C=O) groups is 4. The van der Waals surface area contributed by atoms with Gasteiger partial charge in [-0.2, -0.15) is 0 Å². The van der Waals surface area contributed by atoms with Crippen LogP contribution >= 0.6 is 23.5 Å². The molecule has 2 saturated heterocycles. The van der Waals surface area contributed by atoms with E-state index in [1.165, 1.54) is 0 Å². The molecule has 8 atom stereocenters. The number of alkyl carbamates (subject to hydrolysis) is 2. The summed E-state index contributed by atoms with van der Waals surface area (Å²) in [6, 6.07) is 0. The molecule has 0 aromatic heterocycles. The lowest BCUT2D eigenvalue weighted by atomic mass is 9.91. The molecule has 54 heavy (non-hydrogen) atoms. The van der Waals surface area contributed by atoms with Crippen molar-refractivity contribution in [3.8, 4) is 0 Å². The molecule has 4 aliphatic rings. The predicted octanol–water partition coefficient (Wildman–Crippen LogP) is 7.77. The number of ether oxygens (including phenoxy) is 8. The minimum absolute atomic E-state index is 0.0290. The van der Waals surface area contributed by atoms with Gasteiger partial charge in [0, 0.05) is 51.8 Å². The molecule has 0 aromatic carbocycles. The van der Waals surface area contributed by atoms with Crippen molar-refractivity contribution in [2.24, 2.45) is 0 Å². The van der Waals surface area contributed by atoms with Crippen LogP contribution in [0, 0.1) is 0 Å². The zero-order valence-electron chi connectivity index (χ0n) is 33.7. The van der Waals surface area contributed by atoms with Crippen LogP contribution in [0.5, 0.6) is 0 Å². The van der Waals surface area contributed by atoms with E-state index in [1.54, 1.807) is 18.2 Å². The fraction of sp³-hybridized carbons (Fsp3) is 0.789. The van der Waals surface area contributed by atoms with Gasteiger partial charge in [0.05, 0.1) is 24.4 Å². The highest BCUT2D eigenvalue weighted by molar-refractivity contribution is 8.14. The fourth-order valence-corrected chi connectivity index (χ4v) is 7.47. The molecule has 2 N–H and O–H groups in total. The molecule has 16 heteroatoms. The van der Waals surface area contributed by atoms with E-state index in [9.17, 15) is 19.2 Å². The molecule has 14 nitrogen and oxygen atoms in total. The van der Waals surface area contributed by atoms with Crippen molar-refractivity contribution in [2.45, 2.75) is 184 Å². The SMILES string of the molecule is CC(C)(C)NC(=O)OC1/C=C(\C2OC3CC(OC(=O)SC(C)(C)C)/C=C/C(OC(=O)SC(C)(C)C)CC3O2)C(OC(=O)NC(C)(C)C)CC2OCOC2C1. The highest BCUT2D eigenvalue weighted by Crippen LogP contribution is 2.39. The average molecular weight is 801 g/mol. The van der Waals surface area contributed by atoms with Gasteiger partial charge >= 0.3 is 22.8 Å². The summed E-state index contributed by atoms with van der Waals surface area (Å²) in [7, 11) is 0. The summed E-state index contributed by atoms with van der Waals surface area (Å²) in [6.45, 7) is 22.6. The van der Waals surface area contributed by atoms with E-state index in [4.69, 9.17) is 37.9 Å². The van der Waals surface area contributed by atoms with Gasteiger partial charge < -0.3 is 48.5 Å². The third-order valence-corrected chi connectivity index (χ3v) is 9.88. The molecule has 0 bridgehead atoms. The van der Waals surface area contributed by atoms with Gasteiger partial charge in [0.1, 0.15) is 31.2 Å². The molecule has 306 valence electrons. The maximum atomic E-state index is 13.3. The zero-order valence-corrected chi connectivity index (χ0v) is 35.3. The first-order chi connectivity index (χ1) is 24.8. The van der Waals surface area contributed by atoms with E-state index in [-0.39, 0.29) is 42.0 Å². The zero-order chi connectivity index (χ0) is 40.2. The summed E-state index contributed by atoms with van der Waals surface area (Å²) in [5.74, 6) is 0. The Kier molecular flexibility index (Phi) is 14.5. The van der Waals surface area contributed by atoms with Crippen LogP contribution in [0.25, 0.3) is 0 Å². The molecule has 2 aliphatic carbocycles. The van der Waals surface area contributed by atoms with Gasteiger partial charge in [-0.05, 0) is 83.3 Å². The largest absolute Gasteiger partial charge is 0.450 e. The van der Waals surface area contributed by atoms with Crippen LogP contribution in [0.2, 0.25) is 0 Å². The number of amides is 2. The summed E-state index contributed by atoms with van der Waals surface area (Å²) < 4.78 is 48.2. The summed E-state index contributed by atoms with van der Waals surface area (Å²) in [5, 5.41) is 4.76. The molecule has 0 aromatic rings. The lowest BCUT2D eigenvalue weighted by Gasteiger charge is -2.33. The number of rotatable bonds is 5. The summed E-state index contributed by atoms with van der Waals surface area (Å²) >= 11 is 2.14. The van der Waals surface area contributed by atoms with E-state index in [0.717, 1.165) is 23.5 Å². The Balaban J connectivity index is 1.69. The van der Waals surface area contributed by atoms with E-state index in [1.807, 2.05) is 83.1 Å². The maximum absolute atomic E-state index is 13.3. The van der Waals surface area contributed by atoms with Crippen LogP contribution in [-0.2, 0) is 37.9 Å². The van der Waals surface area contributed by atoms with Crippen molar-refractivity contribution in [2.75, 3.05) is 6.79 Å². The van der Waals surface area contributed by atoms with Crippen LogP contribution in [0.1, 0.15) is 109 Å². The van der Waals surface area contributed by atoms with Gasteiger partial charge in [0.25, 0.3) is 0 Å². The Morgan fingerprint density at radius 1 is 0.593 bits per heavy atom. The van der Waals surface area contributed by atoms with Crippen LogP contribution in [0.15, 0.2) is 23.8 Å². The standard InChI is InChI=1S/C38H60N2O12S2/c1-35(2,3)39-31(41)47-23-15-24(25(52-32(42)40-36(4,5)6)19-27-26(18-23)45-20-46-27)30-50-28-16-21(48-33(43)53-37(7,8)9)13-14-22(17-29(28)51-30)49-34(44)54-38(10,11)12/h13-15,21-23,25-30H,16-20H2,1-12H3,(H,39,41)(H,40,42)/b14-13+,24-15-. The van der Waals surface area contributed by atoms with Crippen LogP contribution in [0.3, 0.4) is 0 Å². The first-order valence-corrected chi connectivity index (χ1v) is 20.1. The molecular weight excluding hydrogens is 741 g/mol. The number of thioether (sulfide) groups is 2. The second kappa shape index (κ2) is 17.7. The van der Waals surface area contributed by atoms with E-state index >= 15 is 0 Å². The third kappa shape index (κ3) is 14.9. The number of hydrogen-bond acceptors (Lipinski definition) is 14. The monoisotopic (exact) mass is 800 g/mol. The highest BCUT2D eigenvalue weighted by atomic mass is 32.2. The number of hydrogen-bond donors (Lipinski definition) is 2. The second-order valence-corrected chi connectivity index (χ2v) is 21.6. The summed E-state index contributed by atoms with van der Waals surface area (Å²) in [6.07, 6.45) is -1.73. The first kappa shape index (κ1) is 44.2. The second-order valence-electron chi connectivity index (χ2n) is 18.0. The Hall–Kier alpha value is -2.50. The van der Waals surface area contributed by atoms with E-state index in [2.05, 4.69) is 10.6 Å². The average Bonchev–Trinajstić information content (AvgIpc) is 3.53. The normalized spacial score (nSPS) is 32.1. The Bertz CT molecular complexity index is 1360. The number of fused-ring (bicyclic) bond motifs is 2. The van der Waals surface area contributed by atoms with Gasteiger partial charge in [-0.25, -0.2) is 19.2 Å². The van der Waals surface area contributed by atoms with Crippen LogP contribution < -0.4 is 10.6 Å². The molecule has 2 amide bonds. The molecule has 4 rings (SSSR count). The lowest BCUT2D eigenvalue weighted by Crippen LogP contribution is -2.46. The smallest absolute Gasteiger partial charge is 0.408 e. The van der Waals surface area contributed by atoms with Crippen LogP contribution in [0.4, 0.5) is 19.2 Å². The Morgan fingerprint density at radius 3 is 1.46 bits per heavy atom. The quantitative estimate of drug-likeness (QED) is 0.157. The first-order valence-electron chi connectivity index (χ1n) is 18.5. The fourth-order valence-electron chi connectivity index (χ4n) is 6.13. The van der Waals surface area contributed by atoms with Gasteiger partial charge in [-0.3, -0.25) is 0 Å². The van der Waals surface area contributed by atoms with Crippen molar-refractivity contribution < 1.29 is 57.1 Å². The topological polar surface area (TPSA) is 166 Å². The van der Waals surface area contributed by atoms with Crippen molar-refractivity contribution in [3.63, 3.8) is 0 Å². The van der Waals surface area contributed by atoms with Gasteiger partial charge in [0.2, 0.25) is 0 Å². The van der Waals surface area contributed by atoms with Gasteiger partial charge in [-0.1, -0.05) is 41.5 Å². The highest BCUT2D eigenvalue weighted by Gasteiger charge is 2.47. The minimum atomic E-state index is -1.08. The summed E-state index contributed by atoms with van der Waals surface area (Å²) in [4.78, 5) is 52.3. The minimum Gasteiger partial charge on any atom is -0.450 e. The molecule has 2 fully saturated rings. The molecule has 0 radical (unpaired) electrons. The third-order valence-electron chi connectivity index (χ3n) is 8.13. The number of nitrogens with one attached hydrogen (secondary N) is 2.